The maximum Gasteiger partial charge on any atom is 0.0900 e. The third-order valence-corrected chi connectivity index (χ3v) is 5.22. The molecule has 0 amide bonds. The minimum absolute atomic E-state index is 0.168. The summed E-state index contributed by atoms with van der Waals surface area (Å²) in [7, 11) is 0. The van der Waals surface area contributed by atoms with Gasteiger partial charge in [-0.25, -0.2) is 0 Å². The van der Waals surface area contributed by atoms with E-state index in [2.05, 4.69) is 29.2 Å². The number of β-amino-alcohol motifs (C(OH)–C–C–N with tert-alkyl or cyclic N) is 1. The zero-order valence-electron chi connectivity index (χ0n) is 14.3. The smallest absolute Gasteiger partial charge is 0.0900 e. The molecular weight excluding hydrogens is 286 g/mol. The van der Waals surface area contributed by atoms with Gasteiger partial charge in [0.1, 0.15) is 0 Å². The molecule has 1 N–H and O–H groups in total. The van der Waals surface area contributed by atoms with Crippen molar-refractivity contribution >= 4 is 0 Å². The van der Waals surface area contributed by atoms with Gasteiger partial charge in [0.25, 0.3) is 0 Å². The molecule has 0 saturated carbocycles. The van der Waals surface area contributed by atoms with Gasteiger partial charge in [0.05, 0.1) is 18.8 Å². The fourth-order valence-corrected chi connectivity index (χ4v) is 3.96. The van der Waals surface area contributed by atoms with Crippen molar-refractivity contribution in [3.8, 4) is 0 Å². The Hall–Kier alpha value is -0.900. The topological polar surface area (TPSA) is 32.7 Å². The average Bonchev–Trinajstić information content (AvgIpc) is 2.55. The fraction of sp³-hybridized carbons (Fsp3) is 0.700. The number of nitrogens with zero attached hydrogens (tertiary/aromatic N) is 1. The highest BCUT2D eigenvalue weighted by Crippen LogP contribution is 2.32. The van der Waals surface area contributed by atoms with Crippen LogP contribution in [0.15, 0.2) is 24.3 Å². The molecule has 128 valence electrons. The summed E-state index contributed by atoms with van der Waals surface area (Å²) in [6.45, 7) is 3.47. The number of ether oxygens (including phenoxy) is 1. The zero-order valence-corrected chi connectivity index (χ0v) is 14.3. The predicted octanol–water partition coefficient (Wildman–Crippen LogP) is 3.71. The minimum atomic E-state index is -0.372. The summed E-state index contributed by atoms with van der Waals surface area (Å²) < 4.78 is 6.09. The molecule has 23 heavy (non-hydrogen) atoms. The Kier molecular flexibility index (Phi) is 6.49. The van der Waals surface area contributed by atoms with Crippen LogP contribution in [0.2, 0.25) is 0 Å². The van der Waals surface area contributed by atoms with Crippen molar-refractivity contribution < 1.29 is 9.84 Å². The Bertz CT molecular complexity index is 468. The highest BCUT2D eigenvalue weighted by Gasteiger charge is 2.22. The normalized spacial score (nSPS) is 24.5. The lowest BCUT2D eigenvalue weighted by Crippen LogP contribution is -2.37. The Balaban J connectivity index is 1.46. The van der Waals surface area contributed by atoms with Gasteiger partial charge in [-0.3, -0.25) is 0 Å². The van der Waals surface area contributed by atoms with E-state index < -0.39 is 0 Å². The highest BCUT2D eigenvalue weighted by molar-refractivity contribution is 5.31. The number of aliphatic hydroxyl groups excluding tert-OH is 1. The van der Waals surface area contributed by atoms with Crippen molar-refractivity contribution in [2.75, 3.05) is 26.2 Å². The van der Waals surface area contributed by atoms with Crippen LogP contribution in [0.1, 0.15) is 62.2 Å². The lowest BCUT2D eigenvalue weighted by atomic mass is 9.89. The molecular formula is C20H31NO2. The number of hydrogen-bond acceptors (Lipinski definition) is 3. The molecule has 1 heterocycles. The summed E-state index contributed by atoms with van der Waals surface area (Å²) in [6, 6.07) is 8.60. The summed E-state index contributed by atoms with van der Waals surface area (Å²) in [4.78, 5) is 2.42. The largest absolute Gasteiger partial charge is 0.389 e. The molecule has 2 aliphatic rings. The van der Waals surface area contributed by atoms with Gasteiger partial charge in [0.2, 0.25) is 0 Å². The van der Waals surface area contributed by atoms with Crippen molar-refractivity contribution in [1.29, 1.82) is 0 Å². The van der Waals surface area contributed by atoms with Crippen molar-refractivity contribution in [2.45, 2.75) is 63.6 Å². The maximum atomic E-state index is 10.4. The van der Waals surface area contributed by atoms with Gasteiger partial charge in [-0.2, -0.15) is 0 Å². The van der Waals surface area contributed by atoms with E-state index in [9.17, 15) is 5.11 Å². The number of aryl methyl sites for hydroxylation is 1. The Morgan fingerprint density at radius 1 is 1.04 bits per heavy atom. The summed E-state index contributed by atoms with van der Waals surface area (Å²) in [6.07, 6.45) is 9.80. The first-order chi connectivity index (χ1) is 11.3. The number of likely N-dealkylation sites (tertiary alicyclic amines) is 1. The molecule has 3 heteroatoms. The van der Waals surface area contributed by atoms with Crippen molar-refractivity contribution in [1.82, 2.24) is 4.90 Å². The van der Waals surface area contributed by atoms with Gasteiger partial charge in [0.15, 0.2) is 0 Å². The molecule has 0 spiro atoms. The Morgan fingerprint density at radius 3 is 2.61 bits per heavy atom. The number of fused-ring (bicyclic) bond motifs is 1. The van der Waals surface area contributed by atoms with Crippen LogP contribution < -0.4 is 0 Å². The predicted molar refractivity (Wildman–Crippen MR) is 93.6 cm³/mol. The number of rotatable bonds is 5. The molecule has 1 aromatic rings. The summed E-state index contributed by atoms with van der Waals surface area (Å²) >= 11 is 0. The van der Waals surface area contributed by atoms with Gasteiger partial charge in [-0.05, 0) is 56.3 Å². The molecule has 3 nitrogen and oxygen atoms in total. The average molecular weight is 317 g/mol. The van der Waals surface area contributed by atoms with Gasteiger partial charge >= 0.3 is 0 Å². The summed E-state index contributed by atoms with van der Waals surface area (Å²) in [5.41, 5.74) is 2.75. The first-order valence-electron chi connectivity index (χ1n) is 9.43. The van der Waals surface area contributed by atoms with E-state index in [1.54, 1.807) is 0 Å². The van der Waals surface area contributed by atoms with E-state index in [4.69, 9.17) is 4.74 Å². The molecule has 1 saturated heterocycles. The number of benzene rings is 1. The lowest BCUT2D eigenvalue weighted by Gasteiger charge is -2.29. The summed E-state index contributed by atoms with van der Waals surface area (Å²) in [5.74, 6) is 0. The van der Waals surface area contributed by atoms with E-state index in [1.807, 2.05) is 0 Å². The van der Waals surface area contributed by atoms with Crippen LogP contribution in [0.3, 0.4) is 0 Å². The van der Waals surface area contributed by atoms with E-state index in [-0.39, 0.29) is 12.2 Å². The molecule has 1 fully saturated rings. The van der Waals surface area contributed by atoms with Gasteiger partial charge in [-0.1, -0.05) is 43.5 Å². The second-order valence-corrected chi connectivity index (χ2v) is 7.14. The molecule has 0 radical (unpaired) electrons. The van der Waals surface area contributed by atoms with Crippen LogP contribution in [0.4, 0.5) is 0 Å². The second-order valence-electron chi connectivity index (χ2n) is 7.14. The zero-order chi connectivity index (χ0) is 15.9. The molecule has 0 aromatic heterocycles. The Labute approximate surface area is 140 Å². The standard InChI is InChI=1S/C20H31NO2/c22-18(15-21-13-6-2-1-3-7-14-21)16-23-20-12-8-10-17-9-4-5-11-19(17)20/h4-5,9,11,18,20,22H,1-3,6-8,10,12-16H2/t18-,20+/m0/s1. The van der Waals surface area contributed by atoms with E-state index >= 15 is 0 Å². The molecule has 2 atom stereocenters. The van der Waals surface area contributed by atoms with Crippen LogP contribution in [-0.2, 0) is 11.2 Å². The number of aliphatic hydroxyl groups is 1. The van der Waals surface area contributed by atoms with E-state index in [0.29, 0.717) is 6.61 Å². The molecule has 1 aliphatic carbocycles. The van der Waals surface area contributed by atoms with Crippen molar-refractivity contribution in [2.24, 2.45) is 0 Å². The minimum Gasteiger partial charge on any atom is -0.389 e. The number of hydrogen-bond donors (Lipinski definition) is 1. The molecule has 1 aliphatic heterocycles. The monoisotopic (exact) mass is 317 g/mol. The lowest BCUT2D eigenvalue weighted by molar-refractivity contribution is -0.0286. The third-order valence-electron chi connectivity index (χ3n) is 5.22. The molecule has 3 rings (SSSR count). The SMILES string of the molecule is O[C@H](CO[C@@H]1CCCc2ccccc21)CN1CCCCCCC1. The fourth-order valence-electron chi connectivity index (χ4n) is 3.96. The van der Waals surface area contributed by atoms with Crippen LogP contribution in [0, 0.1) is 0 Å². The second kappa shape index (κ2) is 8.81. The van der Waals surface area contributed by atoms with Crippen LogP contribution >= 0.6 is 0 Å². The molecule has 1 aromatic carbocycles. The quantitative estimate of drug-likeness (QED) is 0.898. The first kappa shape index (κ1) is 16.9. The summed E-state index contributed by atoms with van der Waals surface area (Å²) in [5, 5.41) is 10.4. The Morgan fingerprint density at radius 2 is 1.78 bits per heavy atom. The van der Waals surface area contributed by atoms with Crippen molar-refractivity contribution in [3.05, 3.63) is 35.4 Å². The van der Waals surface area contributed by atoms with Gasteiger partial charge in [-0.15, -0.1) is 0 Å². The molecule has 0 unspecified atom stereocenters. The van der Waals surface area contributed by atoms with Crippen LogP contribution in [0.25, 0.3) is 0 Å². The van der Waals surface area contributed by atoms with Crippen LogP contribution in [0.5, 0.6) is 0 Å². The first-order valence-corrected chi connectivity index (χ1v) is 9.43. The maximum absolute atomic E-state index is 10.4. The van der Waals surface area contributed by atoms with E-state index in [0.717, 1.165) is 32.5 Å². The van der Waals surface area contributed by atoms with Crippen molar-refractivity contribution in [3.63, 3.8) is 0 Å². The third kappa shape index (κ3) is 5.03. The molecule has 0 bridgehead atoms. The van der Waals surface area contributed by atoms with Gasteiger partial charge in [0, 0.05) is 6.54 Å². The highest BCUT2D eigenvalue weighted by atomic mass is 16.5. The van der Waals surface area contributed by atoms with E-state index in [1.165, 1.54) is 49.7 Å². The van der Waals surface area contributed by atoms with Crippen LogP contribution in [-0.4, -0.2) is 42.4 Å². The van der Waals surface area contributed by atoms with Gasteiger partial charge < -0.3 is 14.7 Å².